The standard InChI is InChI=1S/C19H24N2O4/c1-3-12-21(19(23)11-10-15-7-6-13-25-15)14-18(22)20-16-8-4-5-9-17(16)24-2/h4-9,13H,3,10-12,14H2,1-2H3,(H,20,22). The highest BCUT2D eigenvalue weighted by molar-refractivity contribution is 5.95. The molecule has 0 bridgehead atoms. The summed E-state index contributed by atoms with van der Waals surface area (Å²) in [7, 11) is 1.55. The van der Waals surface area contributed by atoms with Gasteiger partial charge < -0.3 is 19.4 Å². The smallest absolute Gasteiger partial charge is 0.244 e. The van der Waals surface area contributed by atoms with Gasteiger partial charge in [0.2, 0.25) is 11.8 Å². The Morgan fingerprint density at radius 2 is 2.00 bits per heavy atom. The summed E-state index contributed by atoms with van der Waals surface area (Å²) < 4.78 is 10.5. The van der Waals surface area contributed by atoms with E-state index in [2.05, 4.69) is 5.32 Å². The highest BCUT2D eigenvalue weighted by Crippen LogP contribution is 2.22. The number of furan rings is 1. The van der Waals surface area contributed by atoms with Gasteiger partial charge in [0, 0.05) is 19.4 Å². The Morgan fingerprint density at radius 3 is 2.68 bits per heavy atom. The van der Waals surface area contributed by atoms with Crippen LogP contribution in [0.4, 0.5) is 5.69 Å². The highest BCUT2D eigenvalue weighted by Gasteiger charge is 2.17. The van der Waals surface area contributed by atoms with Gasteiger partial charge >= 0.3 is 0 Å². The van der Waals surface area contributed by atoms with Crippen LogP contribution in [0.1, 0.15) is 25.5 Å². The third-order valence-electron chi connectivity index (χ3n) is 3.73. The summed E-state index contributed by atoms with van der Waals surface area (Å²) in [6.07, 6.45) is 3.22. The summed E-state index contributed by atoms with van der Waals surface area (Å²) in [6.45, 7) is 2.53. The first-order valence-electron chi connectivity index (χ1n) is 8.37. The van der Waals surface area contributed by atoms with Crippen molar-refractivity contribution in [3.8, 4) is 5.75 Å². The summed E-state index contributed by atoms with van der Waals surface area (Å²) in [5.74, 6) is 1.04. The number of nitrogens with one attached hydrogen (secondary N) is 1. The molecule has 1 N–H and O–H groups in total. The zero-order valence-corrected chi connectivity index (χ0v) is 14.7. The van der Waals surface area contributed by atoms with Gasteiger partial charge in [-0.05, 0) is 30.7 Å². The van der Waals surface area contributed by atoms with Crippen molar-refractivity contribution >= 4 is 17.5 Å². The molecule has 0 fully saturated rings. The highest BCUT2D eigenvalue weighted by atomic mass is 16.5. The van der Waals surface area contributed by atoms with Gasteiger partial charge in [0.15, 0.2) is 0 Å². The second-order valence-electron chi connectivity index (χ2n) is 5.64. The van der Waals surface area contributed by atoms with Crippen LogP contribution in [-0.4, -0.2) is 36.9 Å². The fraction of sp³-hybridized carbons (Fsp3) is 0.368. The third-order valence-corrected chi connectivity index (χ3v) is 3.73. The first-order chi connectivity index (χ1) is 12.1. The van der Waals surface area contributed by atoms with Gasteiger partial charge in [-0.2, -0.15) is 0 Å². The summed E-state index contributed by atoms with van der Waals surface area (Å²) in [6, 6.07) is 10.8. The van der Waals surface area contributed by atoms with Crippen LogP contribution in [-0.2, 0) is 16.0 Å². The van der Waals surface area contributed by atoms with Crippen LogP contribution in [0.3, 0.4) is 0 Å². The molecule has 134 valence electrons. The Kier molecular flexibility index (Phi) is 7.07. The number of aryl methyl sites for hydroxylation is 1. The first-order valence-corrected chi connectivity index (χ1v) is 8.37. The topological polar surface area (TPSA) is 71.8 Å². The van der Waals surface area contributed by atoms with Crippen molar-refractivity contribution in [1.29, 1.82) is 0 Å². The molecule has 0 unspecified atom stereocenters. The fourth-order valence-electron chi connectivity index (χ4n) is 2.52. The van der Waals surface area contributed by atoms with E-state index in [1.54, 1.807) is 36.5 Å². The summed E-state index contributed by atoms with van der Waals surface area (Å²) in [5, 5.41) is 2.80. The maximum Gasteiger partial charge on any atom is 0.244 e. The molecule has 1 aromatic carbocycles. The van der Waals surface area contributed by atoms with E-state index in [1.165, 1.54) is 0 Å². The number of amides is 2. The van der Waals surface area contributed by atoms with Crippen LogP contribution in [0.15, 0.2) is 47.1 Å². The van der Waals surface area contributed by atoms with Crippen LogP contribution in [0.2, 0.25) is 0 Å². The van der Waals surface area contributed by atoms with Gasteiger partial charge in [-0.15, -0.1) is 0 Å². The van der Waals surface area contributed by atoms with E-state index in [1.807, 2.05) is 25.1 Å². The number of ether oxygens (including phenoxy) is 1. The molecule has 2 rings (SSSR count). The predicted molar refractivity (Wildman–Crippen MR) is 95.5 cm³/mol. The van der Waals surface area contributed by atoms with E-state index in [4.69, 9.17) is 9.15 Å². The van der Waals surface area contributed by atoms with Crippen molar-refractivity contribution < 1.29 is 18.7 Å². The number of rotatable bonds is 9. The van der Waals surface area contributed by atoms with Crippen molar-refractivity contribution in [1.82, 2.24) is 4.90 Å². The van der Waals surface area contributed by atoms with Gasteiger partial charge in [-0.25, -0.2) is 0 Å². The lowest BCUT2D eigenvalue weighted by atomic mass is 10.2. The molecule has 2 amide bonds. The van der Waals surface area contributed by atoms with Crippen molar-refractivity contribution in [3.63, 3.8) is 0 Å². The average Bonchev–Trinajstić information content (AvgIpc) is 3.13. The molecule has 2 aromatic rings. The van der Waals surface area contributed by atoms with Crippen molar-refractivity contribution in [2.45, 2.75) is 26.2 Å². The zero-order valence-electron chi connectivity index (χ0n) is 14.7. The Morgan fingerprint density at radius 1 is 1.20 bits per heavy atom. The molecule has 0 saturated carbocycles. The number of nitrogens with zero attached hydrogens (tertiary/aromatic N) is 1. The van der Waals surface area contributed by atoms with Crippen LogP contribution >= 0.6 is 0 Å². The van der Waals surface area contributed by atoms with E-state index in [-0.39, 0.29) is 18.4 Å². The molecule has 0 spiro atoms. The van der Waals surface area contributed by atoms with Gasteiger partial charge in [-0.1, -0.05) is 19.1 Å². The van der Waals surface area contributed by atoms with E-state index in [9.17, 15) is 9.59 Å². The average molecular weight is 344 g/mol. The second kappa shape index (κ2) is 9.52. The van der Waals surface area contributed by atoms with Crippen molar-refractivity contribution in [3.05, 3.63) is 48.4 Å². The number of anilines is 1. The monoisotopic (exact) mass is 344 g/mol. The molecule has 0 atom stereocenters. The lowest BCUT2D eigenvalue weighted by molar-refractivity contribution is -0.134. The van der Waals surface area contributed by atoms with E-state index < -0.39 is 0 Å². The molecule has 6 nitrogen and oxygen atoms in total. The molecular formula is C19H24N2O4. The summed E-state index contributed by atoms with van der Waals surface area (Å²) >= 11 is 0. The van der Waals surface area contributed by atoms with Crippen LogP contribution < -0.4 is 10.1 Å². The summed E-state index contributed by atoms with van der Waals surface area (Å²) in [5.41, 5.74) is 0.592. The molecule has 25 heavy (non-hydrogen) atoms. The van der Waals surface area contributed by atoms with E-state index >= 15 is 0 Å². The molecule has 0 radical (unpaired) electrons. The van der Waals surface area contributed by atoms with Crippen molar-refractivity contribution in [2.75, 3.05) is 25.5 Å². The molecule has 1 heterocycles. The number of carbonyl (C=O) groups is 2. The largest absolute Gasteiger partial charge is 0.495 e. The first kappa shape index (κ1) is 18.6. The lowest BCUT2D eigenvalue weighted by Gasteiger charge is -2.21. The Balaban J connectivity index is 1.92. The SMILES string of the molecule is CCCN(CC(=O)Nc1ccccc1OC)C(=O)CCc1ccco1. The normalized spacial score (nSPS) is 10.3. The van der Waals surface area contributed by atoms with Gasteiger partial charge in [0.25, 0.3) is 0 Å². The van der Waals surface area contributed by atoms with E-state index in [0.717, 1.165) is 12.2 Å². The number of benzene rings is 1. The number of para-hydroxylation sites is 2. The minimum Gasteiger partial charge on any atom is -0.495 e. The number of hydrogen-bond donors (Lipinski definition) is 1. The minimum atomic E-state index is -0.246. The van der Waals surface area contributed by atoms with Crippen LogP contribution in [0, 0.1) is 0 Å². The van der Waals surface area contributed by atoms with Crippen LogP contribution in [0.5, 0.6) is 5.75 Å². The van der Waals surface area contributed by atoms with Gasteiger partial charge in [0.1, 0.15) is 11.5 Å². The lowest BCUT2D eigenvalue weighted by Crippen LogP contribution is -2.38. The predicted octanol–water partition coefficient (Wildman–Crippen LogP) is 3.10. The minimum absolute atomic E-state index is 0.0167. The third kappa shape index (κ3) is 5.67. The van der Waals surface area contributed by atoms with E-state index in [0.29, 0.717) is 30.8 Å². The zero-order chi connectivity index (χ0) is 18.1. The molecular weight excluding hydrogens is 320 g/mol. The maximum absolute atomic E-state index is 12.4. The quantitative estimate of drug-likeness (QED) is 0.759. The maximum atomic E-state index is 12.4. The van der Waals surface area contributed by atoms with Crippen molar-refractivity contribution in [2.24, 2.45) is 0 Å². The molecule has 0 saturated heterocycles. The number of carbonyl (C=O) groups excluding carboxylic acids is 2. The number of hydrogen-bond acceptors (Lipinski definition) is 4. The molecule has 0 aliphatic heterocycles. The second-order valence-corrected chi connectivity index (χ2v) is 5.64. The Hall–Kier alpha value is -2.76. The van der Waals surface area contributed by atoms with Gasteiger partial charge in [0.05, 0.1) is 25.6 Å². The molecule has 6 heteroatoms. The fourth-order valence-corrected chi connectivity index (χ4v) is 2.52. The molecule has 0 aliphatic rings. The molecule has 0 aliphatic carbocycles. The van der Waals surface area contributed by atoms with Crippen LogP contribution in [0.25, 0.3) is 0 Å². The molecule has 1 aromatic heterocycles. The summed E-state index contributed by atoms with van der Waals surface area (Å²) in [4.78, 5) is 26.3. The number of methoxy groups -OCH3 is 1. The van der Waals surface area contributed by atoms with Gasteiger partial charge in [-0.3, -0.25) is 9.59 Å². The Bertz CT molecular complexity index is 682. The Labute approximate surface area is 147 Å².